The predicted octanol–water partition coefficient (Wildman–Crippen LogP) is 1.19. The van der Waals surface area contributed by atoms with E-state index in [-0.39, 0.29) is 25.0 Å². The molecule has 2 N–H and O–H groups in total. The van der Waals surface area contributed by atoms with Crippen molar-refractivity contribution in [2.45, 2.75) is 26.0 Å². The lowest BCUT2D eigenvalue weighted by Crippen LogP contribution is -2.53. The van der Waals surface area contributed by atoms with Gasteiger partial charge in [-0.1, -0.05) is 26.0 Å². The minimum atomic E-state index is -0.855. The number of ether oxygens (including phenoxy) is 2. The van der Waals surface area contributed by atoms with Gasteiger partial charge < -0.3 is 24.8 Å². The molecule has 0 aliphatic carbocycles. The Labute approximate surface area is 147 Å². The summed E-state index contributed by atoms with van der Waals surface area (Å²) >= 11 is 0. The number of amides is 2. The van der Waals surface area contributed by atoms with E-state index in [1.807, 2.05) is 13.8 Å². The van der Waals surface area contributed by atoms with Crippen LogP contribution in [0.1, 0.15) is 25.5 Å². The maximum atomic E-state index is 12.1. The van der Waals surface area contributed by atoms with Crippen LogP contribution < -0.4 is 5.32 Å². The Bertz CT molecular complexity index is 588. The van der Waals surface area contributed by atoms with Gasteiger partial charge in [-0.05, 0) is 23.6 Å². The second-order valence-corrected chi connectivity index (χ2v) is 6.57. The van der Waals surface area contributed by atoms with Gasteiger partial charge in [0.15, 0.2) is 0 Å². The number of nitrogens with one attached hydrogen (secondary N) is 1. The maximum absolute atomic E-state index is 12.1. The second kappa shape index (κ2) is 8.94. The van der Waals surface area contributed by atoms with E-state index in [1.54, 1.807) is 29.2 Å². The van der Waals surface area contributed by atoms with E-state index in [4.69, 9.17) is 9.47 Å². The number of carbonyl (C=O) groups excluding carboxylic acids is 2. The average molecular weight is 350 g/mol. The number of hydrogen-bond acceptors (Lipinski definition) is 5. The van der Waals surface area contributed by atoms with Crippen molar-refractivity contribution < 1.29 is 24.2 Å². The molecule has 1 heterocycles. The van der Waals surface area contributed by atoms with Crippen LogP contribution in [-0.2, 0) is 19.1 Å². The monoisotopic (exact) mass is 350 g/mol. The number of morpholine rings is 1. The van der Waals surface area contributed by atoms with Crippen LogP contribution in [0.2, 0.25) is 0 Å². The normalized spacial score (nSPS) is 19.2. The van der Waals surface area contributed by atoms with E-state index < -0.39 is 12.1 Å². The highest BCUT2D eigenvalue weighted by Gasteiger charge is 2.34. The smallest absolute Gasteiger partial charge is 0.250 e. The molecule has 0 spiro atoms. The number of anilines is 1. The first kappa shape index (κ1) is 19.4. The number of carbonyl (C=O) groups is 2. The summed E-state index contributed by atoms with van der Waals surface area (Å²) in [5.74, 6) is -0.0484. The second-order valence-electron chi connectivity index (χ2n) is 6.57. The molecule has 0 unspecified atom stereocenters. The molecule has 1 aromatic carbocycles. The van der Waals surface area contributed by atoms with Crippen molar-refractivity contribution in [1.29, 1.82) is 0 Å². The first-order chi connectivity index (χ1) is 11.9. The van der Waals surface area contributed by atoms with Gasteiger partial charge >= 0.3 is 0 Å². The Morgan fingerprint density at radius 3 is 2.68 bits per heavy atom. The van der Waals surface area contributed by atoms with Gasteiger partial charge in [-0.25, -0.2) is 0 Å². The molecular formula is C18H26N2O5. The standard InChI is InChI=1S/C18H26N2O5/c1-12(2)8-20-15(9-25-11-17(20)22)18(23)13-4-6-14(7-5-13)19-16(21)10-24-3/h4-7,12,15,18,23H,8-11H2,1-3H3,(H,19,21)/t15-,18-/m1/s1. The molecule has 0 aromatic heterocycles. The van der Waals surface area contributed by atoms with Crippen LogP contribution in [0.5, 0.6) is 0 Å². The largest absolute Gasteiger partial charge is 0.386 e. The molecule has 0 saturated carbocycles. The molecule has 0 bridgehead atoms. The zero-order valence-corrected chi connectivity index (χ0v) is 14.9. The van der Waals surface area contributed by atoms with Crippen molar-refractivity contribution >= 4 is 17.5 Å². The summed E-state index contributed by atoms with van der Waals surface area (Å²) in [5, 5.41) is 13.4. The minimum absolute atomic E-state index is 0.0178. The van der Waals surface area contributed by atoms with Crippen LogP contribution in [0, 0.1) is 5.92 Å². The number of benzene rings is 1. The molecular weight excluding hydrogens is 324 g/mol. The van der Waals surface area contributed by atoms with Gasteiger partial charge in [0.25, 0.3) is 0 Å². The number of methoxy groups -OCH3 is 1. The molecule has 7 nitrogen and oxygen atoms in total. The molecule has 0 radical (unpaired) electrons. The van der Waals surface area contributed by atoms with Gasteiger partial charge in [-0.15, -0.1) is 0 Å². The molecule has 2 atom stereocenters. The fourth-order valence-corrected chi connectivity index (χ4v) is 2.83. The van der Waals surface area contributed by atoms with Gasteiger partial charge in [-0.2, -0.15) is 0 Å². The molecule has 25 heavy (non-hydrogen) atoms. The molecule has 138 valence electrons. The fraction of sp³-hybridized carbons (Fsp3) is 0.556. The van der Waals surface area contributed by atoms with E-state index in [2.05, 4.69) is 5.32 Å². The number of nitrogens with zero attached hydrogens (tertiary/aromatic N) is 1. The third-order valence-corrected chi connectivity index (χ3v) is 3.97. The molecule has 2 rings (SSSR count). The lowest BCUT2D eigenvalue weighted by Gasteiger charge is -2.39. The van der Waals surface area contributed by atoms with Gasteiger partial charge in [-0.3, -0.25) is 9.59 Å². The van der Waals surface area contributed by atoms with E-state index in [1.165, 1.54) is 7.11 Å². The first-order valence-corrected chi connectivity index (χ1v) is 8.36. The van der Waals surface area contributed by atoms with Gasteiger partial charge in [0.2, 0.25) is 11.8 Å². The predicted molar refractivity (Wildman–Crippen MR) is 93.1 cm³/mol. The highest BCUT2D eigenvalue weighted by molar-refractivity contribution is 5.91. The third kappa shape index (κ3) is 5.26. The topological polar surface area (TPSA) is 88.1 Å². The Hall–Kier alpha value is -1.96. The number of hydrogen-bond donors (Lipinski definition) is 2. The van der Waals surface area contributed by atoms with E-state index in [0.717, 1.165) is 0 Å². The quantitative estimate of drug-likeness (QED) is 0.771. The van der Waals surface area contributed by atoms with Crippen molar-refractivity contribution in [2.75, 3.05) is 38.8 Å². The lowest BCUT2D eigenvalue weighted by atomic mass is 9.99. The van der Waals surface area contributed by atoms with E-state index in [0.29, 0.717) is 30.3 Å². The number of rotatable bonds is 7. The Kier molecular flexibility index (Phi) is 6.92. The number of aliphatic hydroxyl groups excluding tert-OH is 1. The van der Waals surface area contributed by atoms with Crippen molar-refractivity contribution in [3.8, 4) is 0 Å². The molecule has 7 heteroatoms. The highest BCUT2D eigenvalue weighted by atomic mass is 16.5. The summed E-state index contributed by atoms with van der Waals surface area (Å²) in [5.41, 5.74) is 1.29. The summed E-state index contributed by atoms with van der Waals surface area (Å²) < 4.78 is 10.1. The van der Waals surface area contributed by atoms with Crippen LogP contribution in [0.25, 0.3) is 0 Å². The Morgan fingerprint density at radius 2 is 2.08 bits per heavy atom. The lowest BCUT2D eigenvalue weighted by molar-refractivity contribution is -0.155. The van der Waals surface area contributed by atoms with Crippen molar-refractivity contribution in [3.63, 3.8) is 0 Å². The summed E-state index contributed by atoms with van der Waals surface area (Å²) in [6, 6.07) is 6.48. The van der Waals surface area contributed by atoms with Crippen molar-refractivity contribution in [3.05, 3.63) is 29.8 Å². The van der Waals surface area contributed by atoms with Crippen molar-refractivity contribution in [2.24, 2.45) is 5.92 Å². The molecule has 1 aliphatic rings. The SMILES string of the molecule is COCC(=O)Nc1ccc([C@@H](O)[C@H]2COCC(=O)N2CC(C)C)cc1. The number of aliphatic hydroxyl groups is 1. The molecule has 1 aliphatic heterocycles. The Morgan fingerprint density at radius 1 is 1.40 bits per heavy atom. The maximum Gasteiger partial charge on any atom is 0.250 e. The zero-order valence-electron chi connectivity index (χ0n) is 14.9. The van der Waals surface area contributed by atoms with Crippen LogP contribution >= 0.6 is 0 Å². The highest BCUT2D eigenvalue weighted by Crippen LogP contribution is 2.26. The summed E-state index contributed by atoms with van der Waals surface area (Å²) in [6.07, 6.45) is -0.855. The van der Waals surface area contributed by atoms with Gasteiger partial charge in [0, 0.05) is 19.3 Å². The van der Waals surface area contributed by atoms with Gasteiger partial charge in [0.05, 0.1) is 12.6 Å². The fourth-order valence-electron chi connectivity index (χ4n) is 2.83. The van der Waals surface area contributed by atoms with Crippen LogP contribution in [0.3, 0.4) is 0 Å². The summed E-state index contributed by atoms with van der Waals surface area (Å²) in [4.78, 5) is 25.4. The van der Waals surface area contributed by atoms with Crippen molar-refractivity contribution in [1.82, 2.24) is 4.90 Å². The van der Waals surface area contributed by atoms with Crippen LogP contribution in [0.4, 0.5) is 5.69 Å². The van der Waals surface area contributed by atoms with E-state index >= 15 is 0 Å². The minimum Gasteiger partial charge on any atom is -0.386 e. The first-order valence-electron chi connectivity index (χ1n) is 8.36. The van der Waals surface area contributed by atoms with Crippen LogP contribution in [0.15, 0.2) is 24.3 Å². The molecule has 2 amide bonds. The third-order valence-electron chi connectivity index (χ3n) is 3.97. The average Bonchev–Trinajstić information content (AvgIpc) is 2.56. The van der Waals surface area contributed by atoms with Gasteiger partial charge in [0.1, 0.15) is 19.3 Å². The molecule has 1 aromatic rings. The summed E-state index contributed by atoms with van der Waals surface area (Å²) in [6.45, 7) is 4.98. The molecule has 1 saturated heterocycles. The van der Waals surface area contributed by atoms with E-state index in [9.17, 15) is 14.7 Å². The summed E-state index contributed by atoms with van der Waals surface area (Å²) in [7, 11) is 1.45. The molecule has 1 fully saturated rings. The zero-order chi connectivity index (χ0) is 18.4. The van der Waals surface area contributed by atoms with Crippen LogP contribution in [-0.4, -0.2) is 61.3 Å². The Balaban J connectivity index is 2.08.